The summed E-state index contributed by atoms with van der Waals surface area (Å²) in [4.78, 5) is 52.4. The second-order valence-corrected chi connectivity index (χ2v) is 7.59. The smallest absolute Gasteiger partial charge is 0.243 e. The highest BCUT2D eigenvalue weighted by Crippen LogP contribution is 2.15. The summed E-state index contributed by atoms with van der Waals surface area (Å²) in [5, 5.41) is 7.56. The highest BCUT2D eigenvalue weighted by Gasteiger charge is 2.22. The molecular formula is C23H29N7O4. The van der Waals surface area contributed by atoms with Crippen LogP contribution in [0.3, 0.4) is 0 Å². The van der Waals surface area contributed by atoms with Crippen LogP contribution in [0.25, 0.3) is 0 Å². The molecule has 0 bridgehead atoms. The summed E-state index contributed by atoms with van der Waals surface area (Å²) in [5.74, 6) is -2.39. The van der Waals surface area contributed by atoms with Gasteiger partial charge in [0.1, 0.15) is 12.1 Å². The van der Waals surface area contributed by atoms with E-state index in [1.54, 1.807) is 24.3 Å². The minimum atomic E-state index is -0.948. The van der Waals surface area contributed by atoms with Crippen molar-refractivity contribution in [1.29, 1.82) is 0 Å². The van der Waals surface area contributed by atoms with E-state index in [9.17, 15) is 19.2 Å². The highest BCUT2D eigenvalue weighted by atomic mass is 16.2. The standard InChI is InChI=1S/C23H29N7O4/c1-14(31)28-19(12-16-8-5-9-17(10-16)29-23(25)26)22(34)27-13-20(32)30-18(21(24)33)11-15-6-3-2-4-7-15/h2-10,18-19H,11-13H2,1H3,(H2,24,33)(H,27,34)(H,28,31)(H,30,32)(H4,25,26,29). The molecule has 0 aliphatic rings. The number of hydrogen-bond acceptors (Lipinski definition) is 5. The lowest BCUT2D eigenvalue weighted by atomic mass is 10.0. The van der Waals surface area contributed by atoms with Crippen molar-refractivity contribution in [3.8, 4) is 0 Å². The highest BCUT2D eigenvalue weighted by molar-refractivity contribution is 5.92. The molecule has 2 unspecified atom stereocenters. The second-order valence-electron chi connectivity index (χ2n) is 7.59. The molecule has 11 heteroatoms. The van der Waals surface area contributed by atoms with E-state index in [-0.39, 0.29) is 18.8 Å². The molecule has 2 aromatic carbocycles. The van der Waals surface area contributed by atoms with Gasteiger partial charge in [0.05, 0.1) is 12.2 Å². The fraction of sp³-hybridized carbons (Fsp3) is 0.261. The average molecular weight is 468 g/mol. The van der Waals surface area contributed by atoms with E-state index in [1.807, 2.05) is 30.3 Å². The Bertz CT molecular complexity index is 1050. The van der Waals surface area contributed by atoms with Gasteiger partial charge < -0.3 is 33.2 Å². The molecule has 9 N–H and O–H groups in total. The number of nitrogens with one attached hydrogen (secondary N) is 3. The maximum absolute atomic E-state index is 12.7. The SMILES string of the molecule is CC(=O)NC(Cc1cccc(N=C(N)N)c1)C(=O)NCC(=O)NC(Cc1ccccc1)C(N)=O. The van der Waals surface area contributed by atoms with Crippen LogP contribution in [0.2, 0.25) is 0 Å². The van der Waals surface area contributed by atoms with Crippen LogP contribution in [0.4, 0.5) is 5.69 Å². The number of aliphatic imine (C=N–C) groups is 1. The first-order valence-electron chi connectivity index (χ1n) is 10.5. The molecule has 0 heterocycles. The number of nitrogens with zero attached hydrogens (tertiary/aromatic N) is 1. The van der Waals surface area contributed by atoms with E-state index in [2.05, 4.69) is 20.9 Å². The molecule has 0 fully saturated rings. The normalized spacial score (nSPS) is 12.0. The Morgan fingerprint density at radius 1 is 0.853 bits per heavy atom. The number of guanidine groups is 1. The number of primary amides is 1. The molecule has 180 valence electrons. The van der Waals surface area contributed by atoms with Crippen LogP contribution in [0.5, 0.6) is 0 Å². The third-order valence-electron chi connectivity index (χ3n) is 4.69. The maximum atomic E-state index is 12.7. The number of amides is 4. The van der Waals surface area contributed by atoms with Gasteiger partial charge in [-0.05, 0) is 23.3 Å². The third kappa shape index (κ3) is 8.99. The summed E-state index contributed by atoms with van der Waals surface area (Å²) >= 11 is 0. The Morgan fingerprint density at radius 2 is 1.50 bits per heavy atom. The molecule has 0 aliphatic carbocycles. The second kappa shape index (κ2) is 12.6. The molecule has 0 aromatic heterocycles. The van der Waals surface area contributed by atoms with Gasteiger partial charge in [-0.3, -0.25) is 19.2 Å². The number of benzene rings is 2. The van der Waals surface area contributed by atoms with Gasteiger partial charge in [-0.25, -0.2) is 4.99 Å². The van der Waals surface area contributed by atoms with Gasteiger partial charge in [-0.1, -0.05) is 42.5 Å². The Kier molecular flexibility index (Phi) is 9.56. The first kappa shape index (κ1) is 25.8. The Labute approximate surface area is 197 Å². The van der Waals surface area contributed by atoms with Crippen molar-refractivity contribution >= 4 is 35.3 Å². The molecular weight excluding hydrogens is 438 g/mol. The topological polar surface area (TPSA) is 195 Å². The Morgan fingerprint density at radius 3 is 2.12 bits per heavy atom. The molecule has 0 aliphatic heterocycles. The lowest BCUT2D eigenvalue weighted by Crippen LogP contribution is -2.52. The van der Waals surface area contributed by atoms with Crippen LogP contribution in [0.1, 0.15) is 18.1 Å². The predicted octanol–water partition coefficient (Wildman–Crippen LogP) is -1.03. The largest absolute Gasteiger partial charge is 0.370 e. The molecule has 2 rings (SSSR count). The Balaban J connectivity index is 1.99. The molecule has 11 nitrogen and oxygen atoms in total. The van der Waals surface area contributed by atoms with E-state index in [1.165, 1.54) is 6.92 Å². The fourth-order valence-electron chi connectivity index (χ4n) is 3.20. The summed E-state index contributed by atoms with van der Waals surface area (Å²) in [6.07, 6.45) is 0.356. The average Bonchev–Trinajstić information content (AvgIpc) is 2.76. The van der Waals surface area contributed by atoms with Gasteiger partial charge in [0, 0.05) is 19.8 Å². The number of carbonyl (C=O) groups is 4. The quantitative estimate of drug-likeness (QED) is 0.180. The van der Waals surface area contributed by atoms with Crippen molar-refractivity contribution in [1.82, 2.24) is 16.0 Å². The third-order valence-corrected chi connectivity index (χ3v) is 4.69. The van der Waals surface area contributed by atoms with E-state index in [0.717, 1.165) is 5.56 Å². The van der Waals surface area contributed by atoms with E-state index >= 15 is 0 Å². The first-order valence-corrected chi connectivity index (χ1v) is 10.5. The summed E-state index contributed by atoms with van der Waals surface area (Å²) in [6, 6.07) is 14.0. The molecule has 2 atom stereocenters. The van der Waals surface area contributed by atoms with E-state index in [0.29, 0.717) is 11.3 Å². The van der Waals surface area contributed by atoms with Gasteiger partial charge in [0.2, 0.25) is 23.6 Å². The van der Waals surface area contributed by atoms with Crippen LogP contribution in [-0.4, -0.2) is 48.2 Å². The molecule has 4 amide bonds. The van der Waals surface area contributed by atoms with E-state index in [4.69, 9.17) is 17.2 Å². The molecule has 2 aromatic rings. The lowest BCUT2D eigenvalue weighted by Gasteiger charge is -2.19. The van der Waals surface area contributed by atoms with Gasteiger partial charge in [0.25, 0.3) is 0 Å². The monoisotopic (exact) mass is 467 g/mol. The molecule has 34 heavy (non-hydrogen) atoms. The van der Waals surface area contributed by atoms with Gasteiger partial charge in [-0.15, -0.1) is 0 Å². The van der Waals surface area contributed by atoms with Crippen LogP contribution in [-0.2, 0) is 32.0 Å². The Hall–Kier alpha value is -4.41. The molecule has 0 saturated carbocycles. The number of rotatable bonds is 11. The van der Waals surface area contributed by atoms with Crippen molar-refractivity contribution in [2.45, 2.75) is 31.8 Å². The van der Waals surface area contributed by atoms with Crippen LogP contribution >= 0.6 is 0 Å². The summed E-state index contributed by atoms with van der Waals surface area (Å²) in [5.41, 5.74) is 18.2. The fourth-order valence-corrected chi connectivity index (χ4v) is 3.20. The van der Waals surface area contributed by atoms with Crippen molar-refractivity contribution in [3.63, 3.8) is 0 Å². The zero-order valence-corrected chi connectivity index (χ0v) is 18.8. The predicted molar refractivity (Wildman–Crippen MR) is 128 cm³/mol. The zero-order valence-electron chi connectivity index (χ0n) is 18.8. The zero-order chi connectivity index (χ0) is 25.1. The first-order chi connectivity index (χ1) is 16.1. The van der Waals surface area contributed by atoms with Gasteiger partial charge in [-0.2, -0.15) is 0 Å². The number of hydrogen-bond donors (Lipinski definition) is 6. The van der Waals surface area contributed by atoms with Crippen molar-refractivity contribution in [2.75, 3.05) is 6.54 Å². The molecule has 0 spiro atoms. The van der Waals surface area contributed by atoms with Gasteiger partial charge >= 0.3 is 0 Å². The van der Waals surface area contributed by atoms with Crippen LogP contribution in [0, 0.1) is 0 Å². The maximum Gasteiger partial charge on any atom is 0.243 e. The summed E-state index contributed by atoms with van der Waals surface area (Å²) in [6.45, 7) is 0.880. The summed E-state index contributed by atoms with van der Waals surface area (Å²) in [7, 11) is 0. The number of nitrogens with two attached hydrogens (primary N) is 3. The van der Waals surface area contributed by atoms with Crippen LogP contribution in [0.15, 0.2) is 59.6 Å². The summed E-state index contributed by atoms with van der Waals surface area (Å²) < 4.78 is 0. The van der Waals surface area contributed by atoms with Crippen molar-refractivity contribution in [2.24, 2.45) is 22.2 Å². The van der Waals surface area contributed by atoms with Crippen molar-refractivity contribution in [3.05, 3.63) is 65.7 Å². The van der Waals surface area contributed by atoms with Crippen molar-refractivity contribution < 1.29 is 19.2 Å². The lowest BCUT2D eigenvalue weighted by molar-refractivity contribution is -0.130. The molecule has 0 saturated heterocycles. The molecule has 0 radical (unpaired) electrons. The number of carbonyl (C=O) groups excluding carboxylic acids is 4. The van der Waals surface area contributed by atoms with Gasteiger partial charge in [0.15, 0.2) is 5.96 Å². The minimum absolute atomic E-state index is 0.110. The minimum Gasteiger partial charge on any atom is -0.370 e. The van der Waals surface area contributed by atoms with E-state index < -0.39 is 42.3 Å². The van der Waals surface area contributed by atoms with Crippen LogP contribution < -0.4 is 33.2 Å².